The van der Waals surface area contributed by atoms with Gasteiger partial charge in [-0.25, -0.2) is 0 Å². The quantitative estimate of drug-likeness (QED) is 0.740. The van der Waals surface area contributed by atoms with Crippen molar-refractivity contribution in [1.29, 1.82) is 0 Å². The average Bonchev–Trinajstić information content (AvgIpc) is 2.30. The van der Waals surface area contributed by atoms with Crippen LogP contribution in [0.2, 0.25) is 0 Å². The molecule has 0 spiro atoms. The molecule has 0 aliphatic rings. The average molecular weight is 220 g/mol. The largest absolute Gasteiger partial charge is 0.497 e. The molecule has 0 aromatic heterocycles. The van der Waals surface area contributed by atoms with Crippen LogP contribution in [-0.2, 0) is 11.3 Å². The maximum absolute atomic E-state index is 9.32. The monoisotopic (exact) mass is 220 g/mol. The van der Waals surface area contributed by atoms with Gasteiger partial charge < -0.3 is 14.6 Å². The van der Waals surface area contributed by atoms with Gasteiger partial charge in [0.05, 0.1) is 26.4 Å². The molecule has 3 heteroatoms. The van der Waals surface area contributed by atoms with Crippen molar-refractivity contribution in [2.75, 3.05) is 13.7 Å². The smallest absolute Gasteiger partial charge is 0.118 e. The molecule has 0 saturated carbocycles. The van der Waals surface area contributed by atoms with Gasteiger partial charge in [0.15, 0.2) is 0 Å². The van der Waals surface area contributed by atoms with Crippen LogP contribution in [0.15, 0.2) is 24.3 Å². The van der Waals surface area contributed by atoms with Crippen LogP contribution >= 0.6 is 0 Å². The lowest BCUT2D eigenvalue weighted by Crippen LogP contribution is -2.14. The predicted octanol–water partition coefficient (Wildman–Crippen LogP) is 1.60. The first kappa shape index (κ1) is 12.6. The topological polar surface area (TPSA) is 38.7 Å². The number of rotatable bonds is 6. The Hall–Kier alpha value is -1.50. The zero-order valence-corrected chi connectivity index (χ0v) is 9.35. The minimum atomic E-state index is -0.580. The van der Waals surface area contributed by atoms with Crippen molar-refractivity contribution in [3.8, 4) is 18.1 Å². The first-order valence-electron chi connectivity index (χ1n) is 5.08. The van der Waals surface area contributed by atoms with Crippen molar-refractivity contribution >= 4 is 0 Å². The first-order chi connectivity index (χ1) is 7.76. The molecule has 0 fully saturated rings. The fourth-order valence-electron chi connectivity index (χ4n) is 1.23. The van der Waals surface area contributed by atoms with Crippen molar-refractivity contribution in [3.63, 3.8) is 0 Å². The van der Waals surface area contributed by atoms with E-state index in [0.717, 1.165) is 11.3 Å². The first-order valence-corrected chi connectivity index (χ1v) is 5.08. The van der Waals surface area contributed by atoms with Gasteiger partial charge in [0.2, 0.25) is 0 Å². The van der Waals surface area contributed by atoms with E-state index in [0.29, 0.717) is 13.0 Å². The summed E-state index contributed by atoms with van der Waals surface area (Å²) < 4.78 is 10.4. The Balaban J connectivity index is 2.29. The van der Waals surface area contributed by atoms with Gasteiger partial charge in [0.25, 0.3) is 0 Å². The summed E-state index contributed by atoms with van der Waals surface area (Å²) in [6.45, 7) is 0.724. The molecule has 0 bridgehead atoms. The second-order valence-corrected chi connectivity index (χ2v) is 3.43. The molecule has 0 aliphatic heterocycles. The summed E-state index contributed by atoms with van der Waals surface area (Å²) in [6.07, 6.45) is 4.81. The number of hydrogen-bond donors (Lipinski definition) is 1. The van der Waals surface area contributed by atoms with Gasteiger partial charge in [-0.2, -0.15) is 0 Å². The van der Waals surface area contributed by atoms with Crippen molar-refractivity contribution in [3.05, 3.63) is 29.8 Å². The molecule has 16 heavy (non-hydrogen) atoms. The van der Waals surface area contributed by atoms with Gasteiger partial charge in [0, 0.05) is 6.42 Å². The highest BCUT2D eigenvalue weighted by Gasteiger charge is 2.02. The Morgan fingerprint density at radius 3 is 2.62 bits per heavy atom. The molecular formula is C13H16O3. The number of benzene rings is 1. The molecule has 0 saturated heterocycles. The van der Waals surface area contributed by atoms with Crippen molar-refractivity contribution in [2.45, 2.75) is 19.1 Å². The standard InChI is InChI=1S/C13H16O3/c1-3-4-12(14)10-16-9-11-5-7-13(15-2)8-6-11/h1,5-8,12,14H,4,9-10H2,2H3/t12-/m1/s1. The second kappa shape index (κ2) is 6.89. The third-order valence-electron chi connectivity index (χ3n) is 2.09. The van der Waals surface area contributed by atoms with Crippen LogP contribution in [0.1, 0.15) is 12.0 Å². The van der Waals surface area contributed by atoms with Crippen LogP contribution < -0.4 is 4.74 Å². The minimum absolute atomic E-state index is 0.260. The predicted molar refractivity (Wildman–Crippen MR) is 62.1 cm³/mol. The van der Waals surface area contributed by atoms with E-state index in [4.69, 9.17) is 15.9 Å². The van der Waals surface area contributed by atoms with E-state index >= 15 is 0 Å². The third-order valence-corrected chi connectivity index (χ3v) is 2.09. The van der Waals surface area contributed by atoms with E-state index in [2.05, 4.69) is 5.92 Å². The molecule has 86 valence electrons. The van der Waals surface area contributed by atoms with Crippen LogP contribution in [0.5, 0.6) is 5.75 Å². The summed E-state index contributed by atoms with van der Waals surface area (Å²) in [5, 5.41) is 9.32. The molecule has 1 atom stereocenters. The molecule has 1 N–H and O–H groups in total. The summed E-state index contributed by atoms with van der Waals surface area (Å²) in [4.78, 5) is 0. The Kier molecular flexibility index (Phi) is 5.41. The molecule has 1 aromatic carbocycles. The normalized spacial score (nSPS) is 11.8. The zero-order valence-electron chi connectivity index (χ0n) is 9.35. The van der Waals surface area contributed by atoms with Gasteiger partial charge in [-0.15, -0.1) is 12.3 Å². The van der Waals surface area contributed by atoms with Gasteiger partial charge in [-0.05, 0) is 17.7 Å². The third kappa shape index (κ3) is 4.35. The van der Waals surface area contributed by atoms with E-state index in [1.54, 1.807) is 7.11 Å². The number of hydrogen-bond acceptors (Lipinski definition) is 3. The highest BCUT2D eigenvalue weighted by atomic mass is 16.5. The van der Waals surface area contributed by atoms with Crippen LogP contribution in [0.3, 0.4) is 0 Å². The lowest BCUT2D eigenvalue weighted by Gasteiger charge is -2.08. The van der Waals surface area contributed by atoms with Gasteiger partial charge >= 0.3 is 0 Å². The molecule has 0 radical (unpaired) electrons. The zero-order chi connectivity index (χ0) is 11.8. The van der Waals surface area contributed by atoms with Crippen LogP contribution in [0.4, 0.5) is 0 Å². The number of terminal acetylenes is 1. The van der Waals surface area contributed by atoms with Gasteiger partial charge in [0.1, 0.15) is 5.75 Å². The Morgan fingerprint density at radius 1 is 1.38 bits per heavy atom. The summed E-state index contributed by atoms with van der Waals surface area (Å²) in [5.41, 5.74) is 1.04. The SMILES string of the molecule is C#CC[C@@H](O)COCc1ccc(OC)cc1. The molecule has 1 aromatic rings. The maximum Gasteiger partial charge on any atom is 0.118 e. The minimum Gasteiger partial charge on any atom is -0.497 e. The number of ether oxygens (including phenoxy) is 2. The number of aliphatic hydroxyl groups excluding tert-OH is 1. The second-order valence-electron chi connectivity index (χ2n) is 3.43. The fourth-order valence-corrected chi connectivity index (χ4v) is 1.23. The lowest BCUT2D eigenvalue weighted by atomic mass is 10.2. The lowest BCUT2D eigenvalue weighted by molar-refractivity contribution is 0.0311. The fraction of sp³-hybridized carbons (Fsp3) is 0.385. The Bertz CT molecular complexity index is 337. The van der Waals surface area contributed by atoms with E-state index in [1.807, 2.05) is 24.3 Å². The molecule has 0 unspecified atom stereocenters. The number of aliphatic hydroxyl groups is 1. The molecule has 0 amide bonds. The number of methoxy groups -OCH3 is 1. The van der Waals surface area contributed by atoms with Gasteiger partial charge in [-0.1, -0.05) is 12.1 Å². The summed E-state index contributed by atoms with van der Waals surface area (Å²) >= 11 is 0. The summed E-state index contributed by atoms with van der Waals surface area (Å²) in [6, 6.07) is 7.59. The van der Waals surface area contributed by atoms with Crippen LogP contribution in [-0.4, -0.2) is 24.9 Å². The molecule has 0 aliphatic carbocycles. The van der Waals surface area contributed by atoms with Crippen molar-refractivity contribution in [2.24, 2.45) is 0 Å². The van der Waals surface area contributed by atoms with Crippen LogP contribution in [0, 0.1) is 12.3 Å². The Morgan fingerprint density at radius 2 is 2.06 bits per heavy atom. The highest BCUT2D eigenvalue weighted by molar-refractivity contribution is 5.26. The summed E-state index contributed by atoms with van der Waals surface area (Å²) in [5.74, 6) is 3.20. The molecular weight excluding hydrogens is 204 g/mol. The van der Waals surface area contributed by atoms with E-state index < -0.39 is 6.10 Å². The molecule has 0 heterocycles. The Labute approximate surface area is 96.0 Å². The van der Waals surface area contributed by atoms with E-state index in [1.165, 1.54) is 0 Å². The van der Waals surface area contributed by atoms with Crippen molar-refractivity contribution in [1.82, 2.24) is 0 Å². The van der Waals surface area contributed by atoms with Gasteiger partial charge in [-0.3, -0.25) is 0 Å². The van der Waals surface area contributed by atoms with Crippen molar-refractivity contribution < 1.29 is 14.6 Å². The molecule has 3 nitrogen and oxygen atoms in total. The van der Waals surface area contributed by atoms with E-state index in [9.17, 15) is 5.11 Å². The van der Waals surface area contributed by atoms with Crippen LogP contribution in [0.25, 0.3) is 0 Å². The van der Waals surface area contributed by atoms with E-state index in [-0.39, 0.29) is 6.61 Å². The summed E-state index contributed by atoms with van der Waals surface area (Å²) in [7, 11) is 1.63. The molecule has 1 rings (SSSR count). The maximum atomic E-state index is 9.32. The highest BCUT2D eigenvalue weighted by Crippen LogP contribution is 2.11.